The molecular formula is C11H20N2OS. The Morgan fingerprint density at radius 1 is 1.53 bits per heavy atom. The average Bonchev–Trinajstić information content (AvgIpc) is 2.71. The van der Waals surface area contributed by atoms with E-state index < -0.39 is 0 Å². The molecule has 4 heteroatoms. The van der Waals surface area contributed by atoms with Crippen LogP contribution in [0.25, 0.3) is 0 Å². The summed E-state index contributed by atoms with van der Waals surface area (Å²) in [7, 11) is 1.75. The summed E-state index contributed by atoms with van der Waals surface area (Å²) in [5, 5.41) is 1.04. The lowest BCUT2D eigenvalue weighted by atomic mass is 9.98. The average molecular weight is 228 g/mol. The highest BCUT2D eigenvalue weighted by Gasteiger charge is 2.31. The number of aromatic nitrogens is 1. The third-order valence-electron chi connectivity index (χ3n) is 2.90. The van der Waals surface area contributed by atoms with Crippen LogP contribution in [0.4, 0.5) is 0 Å². The number of nitrogens with zero attached hydrogens (tertiary/aromatic N) is 1. The van der Waals surface area contributed by atoms with Gasteiger partial charge in [-0.15, -0.1) is 11.3 Å². The highest BCUT2D eigenvalue weighted by molar-refractivity contribution is 7.11. The van der Waals surface area contributed by atoms with Crippen LogP contribution in [0.1, 0.15) is 49.5 Å². The second-order valence-electron chi connectivity index (χ2n) is 3.76. The van der Waals surface area contributed by atoms with Gasteiger partial charge in [-0.05, 0) is 19.8 Å². The SMILES string of the molecule is CCC(CC)(OC)c1ncc(C(C)N)s1. The summed E-state index contributed by atoms with van der Waals surface area (Å²) in [4.78, 5) is 5.55. The van der Waals surface area contributed by atoms with Crippen LogP contribution in [0.5, 0.6) is 0 Å². The lowest BCUT2D eigenvalue weighted by Crippen LogP contribution is -2.26. The molecule has 0 aliphatic carbocycles. The van der Waals surface area contributed by atoms with Crippen molar-refractivity contribution in [1.82, 2.24) is 4.98 Å². The molecule has 0 aliphatic rings. The number of hydrogen-bond acceptors (Lipinski definition) is 4. The molecule has 1 atom stereocenters. The Morgan fingerprint density at radius 3 is 2.47 bits per heavy atom. The predicted octanol–water partition coefficient (Wildman–Crippen LogP) is 2.82. The summed E-state index contributed by atoms with van der Waals surface area (Å²) < 4.78 is 5.62. The molecule has 0 saturated heterocycles. The second-order valence-corrected chi connectivity index (χ2v) is 4.82. The van der Waals surface area contributed by atoms with Crippen LogP contribution in [-0.4, -0.2) is 12.1 Å². The van der Waals surface area contributed by atoms with E-state index in [-0.39, 0.29) is 11.6 Å². The van der Waals surface area contributed by atoms with Crippen LogP contribution >= 0.6 is 11.3 Å². The van der Waals surface area contributed by atoms with Gasteiger partial charge in [0, 0.05) is 24.2 Å². The topological polar surface area (TPSA) is 48.1 Å². The first kappa shape index (κ1) is 12.6. The first-order valence-electron chi connectivity index (χ1n) is 5.36. The fourth-order valence-electron chi connectivity index (χ4n) is 1.64. The van der Waals surface area contributed by atoms with Crippen LogP contribution < -0.4 is 5.73 Å². The predicted molar refractivity (Wildman–Crippen MR) is 64.0 cm³/mol. The van der Waals surface area contributed by atoms with Crippen LogP contribution in [0, 0.1) is 0 Å². The van der Waals surface area contributed by atoms with Crippen molar-refractivity contribution in [3.63, 3.8) is 0 Å². The quantitative estimate of drug-likeness (QED) is 0.843. The molecule has 0 saturated carbocycles. The molecule has 1 aromatic rings. The first-order valence-corrected chi connectivity index (χ1v) is 6.18. The summed E-state index contributed by atoms with van der Waals surface area (Å²) >= 11 is 1.66. The van der Waals surface area contributed by atoms with Gasteiger partial charge in [0.15, 0.2) is 0 Å². The second kappa shape index (κ2) is 5.05. The minimum atomic E-state index is -0.224. The molecule has 15 heavy (non-hydrogen) atoms. The van der Waals surface area contributed by atoms with Gasteiger partial charge >= 0.3 is 0 Å². The highest BCUT2D eigenvalue weighted by atomic mass is 32.1. The van der Waals surface area contributed by atoms with Crippen LogP contribution in [0.2, 0.25) is 0 Å². The van der Waals surface area contributed by atoms with Crippen LogP contribution in [0.15, 0.2) is 6.20 Å². The number of hydrogen-bond donors (Lipinski definition) is 1. The summed E-state index contributed by atoms with van der Waals surface area (Å²) in [6.45, 7) is 6.23. The van der Waals surface area contributed by atoms with E-state index in [0.717, 1.165) is 22.7 Å². The third-order valence-corrected chi connectivity index (χ3v) is 4.28. The summed E-state index contributed by atoms with van der Waals surface area (Å²) in [6, 6.07) is 0.0551. The van der Waals surface area contributed by atoms with Gasteiger partial charge in [0.25, 0.3) is 0 Å². The molecule has 2 N–H and O–H groups in total. The Hall–Kier alpha value is -0.450. The van der Waals surface area contributed by atoms with Gasteiger partial charge in [-0.2, -0.15) is 0 Å². The Morgan fingerprint density at radius 2 is 2.13 bits per heavy atom. The largest absolute Gasteiger partial charge is 0.371 e. The van der Waals surface area contributed by atoms with Gasteiger partial charge in [-0.1, -0.05) is 13.8 Å². The highest BCUT2D eigenvalue weighted by Crippen LogP contribution is 2.36. The number of ether oxygens (including phenoxy) is 1. The fourth-order valence-corrected chi connectivity index (χ4v) is 2.81. The van der Waals surface area contributed by atoms with Gasteiger partial charge in [0.05, 0.1) is 0 Å². The minimum absolute atomic E-state index is 0.0551. The van der Waals surface area contributed by atoms with Gasteiger partial charge < -0.3 is 10.5 Å². The van der Waals surface area contributed by atoms with E-state index in [0.29, 0.717) is 0 Å². The maximum Gasteiger partial charge on any atom is 0.125 e. The van der Waals surface area contributed by atoms with Crippen molar-refractivity contribution in [2.45, 2.75) is 45.3 Å². The number of rotatable bonds is 5. The molecule has 1 heterocycles. The number of thiazole rings is 1. The van der Waals surface area contributed by atoms with Gasteiger partial charge in [0.1, 0.15) is 10.6 Å². The molecule has 86 valence electrons. The van der Waals surface area contributed by atoms with Crippen molar-refractivity contribution in [2.24, 2.45) is 5.73 Å². The van der Waals surface area contributed by atoms with Gasteiger partial charge in [0.2, 0.25) is 0 Å². The Balaban J connectivity index is 3.01. The van der Waals surface area contributed by atoms with Crippen molar-refractivity contribution in [1.29, 1.82) is 0 Å². The molecule has 1 unspecified atom stereocenters. The summed E-state index contributed by atoms with van der Waals surface area (Å²) in [5.74, 6) is 0. The molecule has 0 amide bonds. The van der Waals surface area contributed by atoms with E-state index in [9.17, 15) is 0 Å². The number of methoxy groups -OCH3 is 1. The maximum atomic E-state index is 5.82. The van der Waals surface area contributed by atoms with Crippen molar-refractivity contribution in [3.05, 3.63) is 16.1 Å². The normalized spacial score (nSPS) is 14.2. The Kier molecular flexibility index (Phi) is 4.25. The zero-order valence-electron chi connectivity index (χ0n) is 9.91. The van der Waals surface area contributed by atoms with Crippen molar-refractivity contribution in [3.8, 4) is 0 Å². The standard InChI is InChI=1S/C11H20N2OS/c1-5-11(6-2,14-4)10-13-7-9(15-10)8(3)12/h7-8H,5-6,12H2,1-4H3. The van der Waals surface area contributed by atoms with Crippen LogP contribution in [0.3, 0.4) is 0 Å². The molecule has 1 aromatic heterocycles. The molecule has 1 rings (SSSR count). The molecule has 3 nitrogen and oxygen atoms in total. The van der Waals surface area contributed by atoms with Crippen molar-refractivity contribution < 1.29 is 4.74 Å². The smallest absolute Gasteiger partial charge is 0.125 e. The van der Waals surface area contributed by atoms with E-state index in [1.165, 1.54) is 0 Å². The van der Waals surface area contributed by atoms with E-state index in [1.54, 1.807) is 18.4 Å². The minimum Gasteiger partial charge on any atom is -0.371 e. The van der Waals surface area contributed by atoms with E-state index in [4.69, 9.17) is 10.5 Å². The Bertz CT molecular complexity index is 297. The number of nitrogens with two attached hydrogens (primary N) is 1. The van der Waals surface area contributed by atoms with Crippen molar-refractivity contribution >= 4 is 11.3 Å². The molecule has 0 spiro atoms. The molecule has 0 bridgehead atoms. The lowest BCUT2D eigenvalue weighted by Gasteiger charge is -2.27. The molecule has 0 aliphatic heterocycles. The van der Waals surface area contributed by atoms with E-state index in [2.05, 4.69) is 18.8 Å². The molecule has 0 aromatic carbocycles. The summed E-state index contributed by atoms with van der Waals surface area (Å²) in [6.07, 6.45) is 3.74. The molecular weight excluding hydrogens is 208 g/mol. The third kappa shape index (κ3) is 2.38. The van der Waals surface area contributed by atoms with E-state index >= 15 is 0 Å². The van der Waals surface area contributed by atoms with Crippen LogP contribution in [-0.2, 0) is 10.3 Å². The van der Waals surface area contributed by atoms with Gasteiger partial charge in [-0.3, -0.25) is 0 Å². The first-order chi connectivity index (χ1) is 7.09. The zero-order chi connectivity index (χ0) is 11.5. The monoisotopic (exact) mass is 228 g/mol. The fraction of sp³-hybridized carbons (Fsp3) is 0.727. The van der Waals surface area contributed by atoms with Crippen molar-refractivity contribution in [2.75, 3.05) is 7.11 Å². The maximum absolute atomic E-state index is 5.82. The summed E-state index contributed by atoms with van der Waals surface area (Å²) in [5.41, 5.74) is 5.60. The van der Waals surface area contributed by atoms with E-state index in [1.807, 2.05) is 13.1 Å². The van der Waals surface area contributed by atoms with Gasteiger partial charge in [-0.25, -0.2) is 4.98 Å². The Labute approximate surface area is 95.7 Å². The lowest BCUT2D eigenvalue weighted by molar-refractivity contribution is -0.0218. The molecule has 0 fully saturated rings. The molecule has 0 radical (unpaired) electrons. The zero-order valence-corrected chi connectivity index (χ0v) is 10.7.